The van der Waals surface area contributed by atoms with Gasteiger partial charge in [-0.05, 0) is 87.1 Å². The molecule has 0 amide bonds. The number of hydrogen-bond acceptors (Lipinski definition) is 3. The lowest BCUT2D eigenvalue weighted by molar-refractivity contribution is 0.438. The molecular weight excluding hydrogens is 699 g/mol. The summed E-state index contributed by atoms with van der Waals surface area (Å²) in [5.74, 6) is 1.79. The van der Waals surface area contributed by atoms with E-state index in [4.69, 9.17) is 4.74 Å². The van der Waals surface area contributed by atoms with E-state index in [-0.39, 0.29) is 0 Å². The molecule has 0 radical (unpaired) electrons. The molecule has 0 saturated carbocycles. The average Bonchev–Trinajstić information content (AvgIpc) is 3.77. The smallest absolute Gasteiger partial charge is 0.132 e. The minimum Gasteiger partial charge on any atom is -0.457 e. The molecule has 2 nitrogen and oxygen atoms in total. The number of nitrogens with zero attached hydrogens (tertiary/aromatic N) is 1. The zero-order valence-corrected chi connectivity index (χ0v) is 31.1. The molecule has 0 N–H and O–H groups in total. The highest BCUT2D eigenvalue weighted by Crippen LogP contribution is 2.64. The molecule has 1 atom stereocenters. The van der Waals surface area contributed by atoms with Gasteiger partial charge in [0.1, 0.15) is 11.5 Å². The van der Waals surface area contributed by atoms with Crippen LogP contribution in [0.4, 0.5) is 17.1 Å². The number of anilines is 3. The van der Waals surface area contributed by atoms with E-state index >= 15 is 0 Å². The van der Waals surface area contributed by atoms with Crippen LogP contribution in [0.2, 0.25) is 0 Å². The van der Waals surface area contributed by atoms with Gasteiger partial charge in [-0.15, -0.1) is 11.3 Å². The lowest BCUT2D eigenvalue weighted by Gasteiger charge is -2.40. The molecule has 1 aliphatic carbocycles. The summed E-state index contributed by atoms with van der Waals surface area (Å²) in [6.45, 7) is 0. The van der Waals surface area contributed by atoms with Crippen molar-refractivity contribution in [2.75, 3.05) is 4.90 Å². The third kappa shape index (κ3) is 4.38. The zero-order chi connectivity index (χ0) is 36.8. The fraction of sp³-hybridized carbons (Fsp3) is 0.0189. The summed E-state index contributed by atoms with van der Waals surface area (Å²) in [6, 6.07) is 73.2. The van der Waals surface area contributed by atoms with E-state index in [0.29, 0.717) is 0 Å². The Kier molecular flexibility index (Phi) is 6.75. The van der Waals surface area contributed by atoms with Gasteiger partial charge in [-0.25, -0.2) is 0 Å². The van der Waals surface area contributed by atoms with Crippen LogP contribution < -0.4 is 9.64 Å². The summed E-state index contributed by atoms with van der Waals surface area (Å²) in [4.78, 5) is 2.47. The van der Waals surface area contributed by atoms with Gasteiger partial charge in [0.2, 0.25) is 0 Å². The highest BCUT2D eigenvalue weighted by molar-refractivity contribution is 7.25. The number of para-hydroxylation sites is 2. The van der Waals surface area contributed by atoms with Crippen molar-refractivity contribution in [2.45, 2.75) is 5.41 Å². The summed E-state index contributed by atoms with van der Waals surface area (Å²) in [5.41, 5.74) is 12.5. The minimum atomic E-state index is -0.618. The number of benzene rings is 9. The first-order valence-electron chi connectivity index (χ1n) is 19.2. The highest BCUT2D eigenvalue weighted by atomic mass is 32.1. The lowest BCUT2D eigenvalue weighted by atomic mass is 9.65. The third-order valence-electron chi connectivity index (χ3n) is 11.9. The lowest BCUT2D eigenvalue weighted by Crippen LogP contribution is -2.32. The first-order valence-corrected chi connectivity index (χ1v) is 20.0. The van der Waals surface area contributed by atoms with Crippen molar-refractivity contribution in [1.82, 2.24) is 0 Å². The molecule has 12 rings (SSSR count). The summed E-state index contributed by atoms with van der Waals surface area (Å²) in [5, 5.41) is 4.99. The Balaban J connectivity index is 1.18. The summed E-state index contributed by atoms with van der Waals surface area (Å²) >= 11 is 1.86. The van der Waals surface area contributed by atoms with E-state index in [0.717, 1.165) is 34.1 Å². The van der Waals surface area contributed by atoms with Gasteiger partial charge in [-0.1, -0.05) is 152 Å². The van der Waals surface area contributed by atoms with Crippen molar-refractivity contribution >= 4 is 59.3 Å². The summed E-state index contributed by atoms with van der Waals surface area (Å²) in [7, 11) is 0. The molecule has 1 unspecified atom stereocenters. The van der Waals surface area contributed by atoms with E-state index < -0.39 is 5.41 Å². The number of thiophene rings is 1. The molecule has 1 aliphatic heterocycles. The minimum absolute atomic E-state index is 0.618. The van der Waals surface area contributed by atoms with Crippen molar-refractivity contribution in [3.63, 3.8) is 0 Å². The van der Waals surface area contributed by atoms with Crippen LogP contribution in [0.1, 0.15) is 22.3 Å². The van der Waals surface area contributed by atoms with E-state index in [2.05, 4.69) is 205 Å². The van der Waals surface area contributed by atoms with Crippen LogP contribution in [-0.4, -0.2) is 0 Å². The van der Waals surface area contributed by atoms with Crippen molar-refractivity contribution in [2.24, 2.45) is 0 Å². The van der Waals surface area contributed by atoms with Crippen LogP contribution in [0.5, 0.6) is 11.5 Å². The molecule has 0 fully saturated rings. The predicted molar refractivity (Wildman–Crippen MR) is 234 cm³/mol. The van der Waals surface area contributed by atoms with Crippen LogP contribution in [0.25, 0.3) is 53.2 Å². The second kappa shape index (κ2) is 12.0. The maximum Gasteiger partial charge on any atom is 0.132 e. The van der Waals surface area contributed by atoms with E-state index in [1.54, 1.807) is 0 Å². The van der Waals surface area contributed by atoms with Gasteiger partial charge < -0.3 is 9.64 Å². The van der Waals surface area contributed by atoms with Gasteiger partial charge in [-0.3, -0.25) is 0 Å². The fourth-order valence-electron chi connectivity index (χ4n) is 9.62. The topological polar surface area (TPSA) is 12.5 Å². The van der Waals surface area contributed by atoms with E-state index in [1.807, 2.05) is 11.3 Å². The molecule has 3 heteroatoms. The molecule has 9 aromatic carbocycles. The second-order valence-electron chi connectivity index (χ2n) is 14.8. The Bertz CT molecular complexity index is 3200. The quantitative estimate of drug-likeness (QED) is 0.179. The van der Waals surface area contributed by atoms with Crippen molar-refractivity contribution in [1.29, 1.82) is 0 Å². The summed E-state index contributed by atoms with van der Waals surface area (Å²) < 4.78 is 9.42. The van der Waals surface area contributed by atoms with Crippen LogP contribution in [0, 0.1) is 0 Å². The normalized spacial score (nSPS) is 15.0. The van der Waals surface area contributed by atoms with Gasteiger partial charge in [0.05, 0.1) is 11.1 Å². The van der Waals surface area contributed by atoms with Gasteiger partial charge in [0, 0.05) is 48.2 Å². The Hall–Kier alpha value is -6.94. The Morgan fingerprint density at radius 1 is 0.411 bits per heavy atom. The Morgan fingerprint density at radius 3 is 1.98 bits per heavy atom. The molecule has 1 spiro atoms. The van der Waals surface area contributed by atoms with Crippen molar-refractivity contribution in [3.8, 4) is 33.8 Å². The second-order valence-corrected chi connectivity index (χ2v) is 15.9. The van der Waals surface area contributed by atoms with E-state index in [1.165, 1.54) is 69.9 Å². The maximum atomic E-state index is 6.84. The largest absolute Gasteiger partial charge is 0.457 e. The van der Waals surface area contributed by atoms with Crippen LogP contribution in [-0.2, 0) is 5.41 Å². The molecular formula is C53H33NOS. The van der Waals surface area contributed by atoms with E-state index in [9.17, 15) is 0 Å². The molecule has 0 saturated heterocycles. The first-order chi connectivity index (χ1) is 27.8. The molecule has 1 aromatic heterocycles. The van der Waals surface area contributed by atoms with Crippen molar-refractivity contribution < 1.29 is 4.74 Å². The van der Waals surface area contributed by atoms with Crippen LogP contribution >= 0.6 is 11.3 Å². The number of ether oxygens (including phenoxy) is 1. The molecule has 2 heterocycles. The zero-order valence-electron chi connectivity index (χ0n) is 30.3. The molecule has 56 heavy (non-hydrogen) atoms. The highest BCUT2D eigenvalue weighted by Gasteiger charge is 2.52. The number of hydrogen-bond donors (Lipinski definition) is 0. The Morgan fingerprint density at radius 2 is 1.07 bits per heavy atom. The van der Waals surface area contributed by atoms with Gasteiger partial charge in [0.15, 0.2) is 0 Å². The summed E-state index contributed by atoms with van der Waals surface area (Å²) in [6.07, 6.45) is 0. The SMILES string of the molecule is c1ccc(-c2ccccc2N(c2ccc3c(c2)C2(c4ccccc4Oc4ccc5ccccc5c42)c2ccccc2-3)c2ccc3c(c2)sc2ccccc23)cc1. The van der Waals surface area contributed by atoms with Gasteiger partial charge >= 0.3 is 0 Å². The first kappa shape index (κ1) is 31.4. The van der Waals surface area contributed by atoms with Gasteiger partial charge in [-0.2, -0.15) is 0 Å². The Labute approximate surface area is 329 Å². The van der Waals surface area contributed by atoms with Crippen LogP contribution in [0.3, 0.4) is 0 Å². The standard InChI is InChI=1S/C53H33NOS/c1-2-14-34(15-3-1)38-17-7-11-23-47(38)54(37-28-30-43-42-20-8-13-25-50(42)56-51(43)33-37)36-27-29-41-40-19-6-9-21-44(40)53(46(41)32-36)45-22-10-12-24-48(45)55-49-31-26-35-16-4-5-18-39(35)52(49)53/h1-33H. The number of rotatable bonds is 4. The fourth-order valence-corrected chi connectivity index (χ4v) is 10.8. The molecule has 2 aliphatic rings. The van der Waals surface area contributed by atoms with Crippen LogP contribution in [0.15, 0.2) is 200 Å². The van der Waals surface area contributed by atoms with Crippen molar-refractivity contribution in [3.05, 3.63) is 222 Å². The maximum absolute atomic E-state index is 6.84. The monoisotopic (exact) mass is 731 g/mol. The van der Waals surface area contributed by atoms with Gasteiger partial charge in [0.25, 0.3) is 0 Å². The predicted octanol–water partition coefficient (Wildman–Crippen LogP) is 14.8. The molecule has 0 bridgehead atoms. The molecule has 10 aromatic rings. The average molecular weight is 732 g/mol. The molecule has 262 valence electrons. The number of fused-ring (bicyclic) bond motifs is 14. The third-order valence-corrected chi connectivity index (χ3v) is 13.0.